The maximum absolute atomic E-state index is 12.2. The van der Waals surface area contributed by atoms with Gasteiger partial charge in [-0.25, -0.2) is 0 Å². The molecule has 1 amide bonds. The molecule has 0 spiro atoms. The molecular weight excluding hydrogens is 256 g/mol. The Labute approximate surface area is 119 Å². The first-order chi connectivity index (χ1) is 9.77. The summed E-state index contributed by atoms with van der Waals surface area (Å²) >= 11 is 0. The summed E-state index contributed by atoms with van der Waals surface area (Å²) < 4.78 is 10.2. The van der Waals surface area contributed by atoms with E-state index in [2.05, 4.69) is 6.07 Å². The maximum Gasteiger partial charge on any atom is 0.253 e. The quantitative estimate of drug-likeness (QED) is 0.759. The van der Waals surface area contributed by atoms with E-state index in [9.17, 15) is 4.79 Å². The lowest BCUT2D eigenvalue weighted by Crippen LogP contribution is -2.33. The number of fused-ring (bicyclic) bond motifs is 1. The van der Waals surface area contributed by atoms with Crippen LogP contribution in [-0.4, -0.2) is 45.9 Å². The van der Waals surface area contributed by atoms with Crippen molar-refractivity contribution in [3.63, 3.8) is 0 Å². The van der Waals surface area contributed by atoms with Crippen molar-refractivity contribution in [1.82, 2.24) is 0 Å². The van der Waals surface area contributed by atoms with Crippen molar-refractivity contribution in [3.8, 4) is 0 Å². The van der Waals surface area contributed by atoms with Crippen LogP contribution < -0.4 is 10.6 Å². The van der Waals surface area contributed by atoms with Gasteiger partial charge in [-0.3, -0.25) is 4.79 Å². The number of carbonyl (C=O) groups is 1. The smallest absolute Gasteiger partial charge is 0.253 e. The molecule has 0 saturated heterocycles. The molecule has 5 nitrogen and oxygen atoms in total. The number of benzene rings is 1. The number of nitrogens with two attached hydrogens (primary N) is 1. The fraction of sp³-hybridized carbons (Fsp3) is 0.533. The predicted octanol–water partition coefficient (Wildman–Crippen LogP) is 1.13. The van der Waals surface area contributed by atoms with Crippen LogP contribution in [-0.2, 0) is 14.3 Å². The minimum Gasteiger partial charge on any atom is -0.382 e. The van der Waals surface area contributed by atoms with Crippen LogP contribution in [0.15, 0.2) is 24.3 Å². The third-order valence-electron chi connectivity index (χ3n) is 3.54. The van der Waals surface area contributed by atoms with Crippen molar-refractivity contribution in [2.24, 2.45) is 5.73 Å². The number of carbonyl (C=O) groups excluding carboxylic acids is 1. The normalized spacial score (nSPS) is 17.3. The standard InChI is InChI=1S/C15H22N2O3/c1-19-8-9-20-11-15(18)17-10-12(6-7-16)13-4-2-3-5-14(13)17/h2-5,12H,6-11,16H2,1H3. The van der Waals surface area contributed by atoms with Crippen molar-refractivity contribution in [2.75, 3.05) is 44.9 Å². The van der Waals surface area contributed by atoms with E-state index in [0.29, 0.717) is 32.2 Å². The van der Waals surface area contributed by atoms with E-state index in [1.165, 1.54) is 5.56 Å². The number of hydrogen-bond acceptors (Lipinski definition) is 4. The second-order valence-corrected chi connectivity index (χ2v) is 4.88. The van der Waals surface area contributed by atoms with Gasteiger partial charge in [0.25, 0.3) is 5.91 Å². The monoisotopic (exact) mass is 278 g/mol. The summed E-state index contributed by atoms with van der Waals surface area (Å²) in [5.74, 6) is 0.326. The van der Waals surface area contributed by atoms with Crippen molar-refractivity contribution < 1.29 is 14.3 Å². The number of rotatable bonds is 7. The van der Waals surface area contributed by atoms with Crippen LogP contribution in [0.25, 0.3) is 0 Å². The van der Waals surface area contributed by atoms with Crippen molar-refractivity contribution >= 4 is 11.6 Å². The molecule has 5 heteroatoms. The molecule has 1 heterocycles. The summed E-state index contributed by atoms with van der Waals surface area (Å²) in [5.41, 5.74) is 7.86. The van der Waals surface area contributed by atoms with Gasteiger partial charge in [-0.15, -0.1) is 0 Å². The first-order valence-electron chi connectivity index (χ1n) is 6.94. The van der Waals surface area contributed by atoms with Crippen molar-refractivity contribution in [1.29, 1.82) is 0 Å². The topological polar surface area (TPSA) is 64.8 Å². The fourth-order valence-electron chi connectivity index (χ4n) is 2.56. The number of para-hydroxylation sites is 1. The number of anilines is 1. The molecule has 1 aliphatic rings. The molecule has 1 aromatic rings. The Morgan fingerprint density at radius 2 is 2.20 bits per heavy atom. The molecule has 0 fully saturated rings. The van der Waals surface area contributed by atoms with Crippen LogP contribution in [0.2, 0.25) is 0 Å². The molecule has 1 aliphatic heterocycles. The van der Waals surface area contributed by atoms with E-state index < -0.39 is 0 Å². The van der Waals surface area contributed by atoms with Gasteiger partial charge in [-0.05, 0) is 24.6 Å². The zero-order valence-corrected chi connectivity index (χ0v) is 11.9. The highest BCUT2D eigenvalue weighted by molar-refractivity contribution is 5.96. The summed E-state index contributed by atoms with van der Waals surface area (Å²) in [5, 5.41) is 0. The molecule has 2 rings (SSSR count). The molecule has 0 radical (unpaired) electrons. The Morgan fingerprint density at radius 1 is 1.40 bits per heavy atom. The van der Waals surface area contributed by atoms with E-state index in [4.69, 9.17) is 15.2 Å². The second kappa shape index (κ2) is 7.38. The van der Waals surface area contributed by atoms with Crippen molar-refractivity contribution in [2.45, 2.75) is 12.3 Å². The molecule has 20 heavy (non-hydrogen) atoms. The first kappa shape index (κ1) is 15.0. The van der Waals surface area contributed by atoms with Gasteiger partial charge in [0.1, 0.15) is 6.61 Å². The lowest BCUT2D eigenvalue weighted by Gasteiger charge is -2.17. The zero-order chi connectivity index (χ0) is 14.4. The zero-order valence-electron chi connectivity index (χ0n) is 11.9. The summed E-state index contributed by atoms with van der Waals surface area (Å²) in [6.45, 7) is 2.35. The van der Waals surface area contributed by atoms with Gasteiger partial charge in [-0.1, -0.05) is 18.2 Å². The number of ether oxygens (including phenoxy) is 2. The number of hydrogen-bond donors (Lipinski definition) is 1. The Hall–Kier alpha value is -1.43. The predicted molar refractivity (Wildman–Crippen MR) is 77.9 cm³/mol. The minimum atomic E-state index is -0.00641. The Morgan fingerprint density at radius 3 is 2.95 bits per heavy atom. The number of methoxy groups -OCH3 is 1. The lowest BCUT2D eigenvalue weighted by molar-refractivity contribution is -0.123. The average molecular weight is 278 g/mol. The van der Waals surface area contributed by atoms with E-state index in [-0.39, 0.29) is 12.5 Å². The Bertz CT molecular complexity index is 450. The van der Waals surface area contributed by atoms with Crippen LogP contribution in [0.3, 0.4) is 0 Å². The molecule has 0 saturated carbocycles. The van der Waals surface area contributed by atoms with Gasteiger partial charge in [0.05, 0.1) is 13.2 Å². The lowest BCUT2D eigenvalue weighted by atomic mass is 9.98. The van der Waals surface area contributed by atoms with Gasteiger partial charge in [0.2, 0.25) is 0 Å². The Kier molecular flexibility index (Phi) is 5.52. The Balaban J connectivity index is 2.00. The number of nitrogens with zero attached hydrogens (tertiary/aromatic N) is 1. The molecule has 0 bridgehead atoms. The molecular formula is C15H22N2O3. The SMILES string of the molecule is COCCOCC(=O)N1CC(CCN)c2ccccc21. The highest BCUT2D eigenvalue weighted by Crippen LogP contribution is 2.37. The fourth-order valence-corrected chi connectivity index (χ4v) is 2.56. The van der Waals surface area contributed by atoms with Crippen LogP contribution >= 0.6 is 0 Å². The first-order valence-corrected chi connectivity index (χ1v) is 6.94. The van der Waals surface area contributed by atoms with Crippen LogP contribution in [0.5, 0.6) is 0 Å². The highest BCUT2D eigenvalue weighted by atomic mass is 16.5. The van der Waals surface area contributed by atoms with E-state index in [1.807, 2.05) is 23.1 Å². The molecule has 2 N–H and O–H groups in total. The van der Waals surface area contributed by atoms with Crippen molar-refractivity contribution in [3.05, 3.63) is 29.8 Å². The third-order valence-corrected chi connectivity index (χ3v) is 3.54. The van der Waals surface area contributed by atoms with E-state index in [1.54, 1.807) is 7.11 Å². The summed E-state index contributed by atoms with van der Waals surface area (Å²) in [6.07, 6.45) is 0.894. The second-order valence-electron chi connectivity index (χ2n) is 4.88. The summed E-state index contributed by atoms with van der Waals surface area (Å²) in [4.78, 5) is 14.1. The number of amides is 1. The van der Waals surface area contributed by atoms with Gasteiger partial charge in [0, 0.05) is 25.3 Å². The van der Waals surface area contributed by atoms with Gasteiger partial charge < -0.3 is 20.1 Å². The summed E-state index contributed by atoms with van der Waals surface area (Å²) in [6, 6.07) is 8.02. The molecule has 1 atom stereocenters. The molecule has 110 valence electrons. The van der Waals surface area contributed by atoms with E-state index in [0.717, 1.165) is 12.1 Å². The molecule has 1 unspecified atom stereocenters. The highest BCUT2D eigenvalue weighted by Gasteiger charge is 2.31. The van der Waals surface area contributed by atoms with Crippen LogP contribution in [0.1, 0.15) is 17.9 Å². The van der Waals surface area contributed by atoms with Gasteiger partial charge in [-0.2, -0.15) is 0 Å². The minimum absolute atomic E-state index is 0.00641. The third kappa shape index (κ3) is 3.36. The summed E-state index contributed by atoms with van der Waals surface area (Å²) in [7, 11) is 1.61. The molecule has 1 aromatic carbocycles. The van der Waals surface area contributed by atoms with Gasteiger partial charge >= 0.3 is 0 Å². The molecule has 0 aliphatic carbocycles. The van der Waals surface area contributed by atoms with Gasteiger partial charge in [0.15, 0.2) is 0 Å². The van der Waals surface area contributed by atoms with Crippen LogP contribution in [0, 0.1) is 0 Å². The maximum atomic E-state index is 12.2. The molecule has 0 aromatic heterocycles. The average Bonchev–Trinajstić information content (AvgIpc) is 2.83. The largest absolute Gasteiger partial charge is 0.382 e. The van der Waals surface area contributed by atoms with Crippen LogP contribution in [0.4, 0.5) is 5.69 Å². The van der Waals surface area contributed by atoms with E-state index >= 15 is 0 Å².